The van der Waals surface area contributed by atoms with Gasteiger partial charge in [0.05, 0.1) is 31.0 Å². The summed E-state index contributed by atoms with van der Waals surface area (Å²) in [6, 6.07) is 9.48. The van der Waals surface area contributed by atoms with Gasteiger partial charge in [0.25, 0.3) is 0 Å². The molecule has 1 saturated carbocycles. The van der Waals surface area contributed by atoms with Crippen LogP contribution in [-0.2, 0) is 4.74 Å². The smallest absolute Gasteiger partial charge is 0.170 e. The molecule has 2 aromatic heterocycles. The maximum atomic E-state index is 5.90. The van der Waals surface area contributed by atoms with E-state index < -0.39 is 0 Å². The number of aryl methyl sites for hydroxylation is 1. The topological polar surface area (TPSA) is 45.6 Å². The van der Waals surface area contributed by atoms with Gasteiger partial charge in [-0.2, -0.15) is 0 Å². The van der Waals surface area contributed by atoms with Crippen molar-refractivity contribution in [3.8, 4) is 0 Å². The van der Waals surface area contributed by atoms with Crippen LogP contribution in [0.2, 0.25) is 0 Å². The molecule has 178 valence electrons. The van der Waals surface area contributed by atoms with Gasteiger partial charge < -0.3 is 19.5 Å². The Morgan fingerprint density at radius 1 is 1.12 bits per heavy atom. The number of aromatic nitrogens is 2. The molecule has 3 fully saturated rings. The molecule has 4 heterocycles. The largest absolute Gasteiger partial charge is 0.379 e. The number of hydrogen-bond acceptors (Lipinski definition) is 4. The van der Waals surface area contributed by atoms with E-state index in [1.165, 1.54) is 42.6 Å². The van der Waals surface area contributed by atoms with E-state index in [-0.39, 0.29) is 12.1 Å². The first-order chi connectivity index (χ1) is 16.1. The molecule has 6 nitrogen and oxygen atoms in total. The Balaban J connectivity index is 1.43. The van der Waals surface area contributed by atoms with Crippen molar-refractivity contribution >= 4 is 17.3 Å². The summed E-state index contributed by atoms with van der Waals surface area (Å²) in [7, 11) is 0. The SMILES string of the molecule is Cc1cc([C@@H]2[C@H](c3ccccn3)NC(=S)N2CCCN2CCOCC2)c(C)n1C1CCCC1. The summed E-state index contributed by atoms with van der Waals surface area (Å²) in [5.74, 6) is 0. The summed E-state index contributed by atoms with van der Waals surface area (Å²) >= 11 is 5.90. The zero-order valence-electron chi connectivity index (χ0n) is 20.0. The molecule has 1 aliphatic carbocycles. The Labute approximate surface area is 203 Å². The van der Waals surface area contributed by atoms with Crippen LogP contribution in [0.1, 0.15) is 72.9 Å². The van der Waals surface area contributed by atoms with E-state index in [1.54, 1.807) is 0 Å². The summed E-state index contributed by atoms with van der Waals surface area (Å²) in [6.07, 6.45) is 8.26. The van der Waals surface area contributed by atoms with Crippen molar-refractivity contribution in [2.45, 2.75) is 64.1 Å². The molecule has 3 aliphatic rings. The summed E-state index contributed by atoms with van der Waals surface area (Å²) in [6.45, 7) is 10.4. The average Bonchev–Trinajstić information content (AvgIpc) is 3.54. The van der Waals surface area contributed by atoms with Gasteiger partial charge in [0, 0.05) is 49.8 Å². The monoisotopic (exact) mass is 467 g/mol. The van der Waals surface area contributed by atoms with Crippen LogP contribution < -0.4 is 5.32 Å². The second kappa shape index (κ2) is 10.1. The molecule has 0 amide bonds. The number of thiocarbonyl (C=S) groups is 1. The van der Waals surface area contributed by atoms with Crippen LogP contribution in [0.5, 0.6) is 0 Å². The molecule has 0 unspecified atom stereocenters. The Bertz CT molecular complexity index is 949. The number of nitrogens with zero attached hydrogens (tertiary/aromatic N) is 4. The van der Waals surface area contributed by atoms with Gasteiger partial charge in [0.1, 0.15) is 0 Å². The third-order valence-electron chi connectivity index (χ3n) is 7.71. The fraction of sp³-hybridized carbons (Fsp3) is 0.615. The van der Waals surface area contributed by atoms with E-state index >= 15 is 0 Å². The lowest BCUT2D eigenvalue weighted by Gasteiger charge is -2.30. The van der Waals surface area contributed by atoms with Gasteiger partial charge in [-0.1, -0.05) is 18.9 Å². The fourth-order valence-corrected chi connectivity index (χ4v) is 6.43. The second-order valence-electron chi connectivity index (χ2n) is 9.76. The predicted molar refractivity (Wildman–Crippen MR) is 135 cm³/mol. The maximum absolute atomic E-state index is 5.90. The lowest BCUT2D eigenvalue weighted by atomic mass is 9.96. The van der Waals surface area contributed by atoms with Gasteiger partial charge in [-0.3, -0.25) is 9.88 Å². The lowest BCUT2D eigenvalue weighted by molar-refractivity contribution is 0.0365. The van der Waals surface area contributed by atoms with Gasteiger partial charge in [0.15, 0.2) is 5.11 Å². The molecule has 5 rings (SSSR count). The van der Waals surface area contributed by atoms with E-state index in [0.29, 0.717) is 6.04 Å². The standard InChI is InChI=1S/C26H37N5OS/c1-19-18-22(20(2)31(19)21-8-3-4-9-21)25-24(23-10-5-6-11-27-23)28-26(33)30(25)13-7-12-29-14-16-32-17-15-29/h5-6,10-11,18,21,24-25H,3-4,7-9,12-17H2,1-2H3,(H,28,33)/t24-,25+/m0/s1. The van der Waals surface area contributed by atoms with E-state index in [2.05, 4.69) is 51.7 Å². The van der Waals surface area contributed by atoms with Crippen molar-refractivity contribution in [1.82, 2.24) is 24.7 Å². The van der Waals surface area contributed by atoms with Gasteiger partial charge >= 0.3 is 0 Å². The minimum Gasteiger partial charge on any atom is -0.379 e. The number of ether oxygens (including phenoxy) is 1. The van der Waals surface area contributed by atoms with E-state index in [9.17, 15) is 0 Å². The number of pyridine rings is 1. The highest BCUT2D eigenvalue weighted by Crippen LogP contribution is 2.42. The van der Waals surface area contributed by atoms with E-state index in [1.807, 2.05) is 12.3 Å². The summed E-state index contributed by atoms with van der Waals surface area (Å²) in [4.78, 5) is 9.65. The van der Waals surface area contributed by atoms with Gasteiger partial charge in [0.2, 0.25) is 0 Å². The fourth-order valence-electron chi connectivity index (χ4n) is 6.10. The molecule has 33 heavy (non-hydrogen) atoms. The molecule has 1 N–H and O–H groups in total. The van der Waals surface area contributed by atoms with Crippen molar-refractivity contribution in [1.29, 1.82) is 0 Å². The van der Waals surface area contributed by atoms with Crippen molar-refractivity contribution in [2.24, 2.45) is 0 Å². The van der Waals surface area contributed by atoms with E-state index in [0.717, 1.165) is 56.6 Å². The number of rotatable bonds is 7. The Morgan fingerprint density at radius 2 is 1.91 bits per heavy atom. The van der Waals surface area contributed by atoms with Crippen LogP contribution >= 0.6 is 12.2 Å². The highest BCUT2D eigenvalue weighted by Gasteiger charge is 2.41. The van der Waals surface area contributed by atoms with Crippen LogP contribution in [0.25, 0.3) is 0 Å². The Morgan fingerprint density at radius 3 is 2.64 bits per heavy atom. The highest BCUT2D eigenvalue weighted by atomic mass is 32.1. The molecule has 0 spiro atoms. The van der Waals surface area contributed by atoms with Crippen LogP contribution in [-0.4, -0.2) is 63.9 Å². The molecule has 0 radical (unpaired) electrons. The van der Waals surface area contributed by atoms with Gasteiger partial charge in [-0.15, -0.1) is 0 Å². The molecule has 2 atom stereocenters. The molecule has 0 aromatic carbocycles. The molecule has 2 aromatic rings. The quantitative estimate of drug-likeness (QED) is 0.613. The zero-order valence-corrected chi connectivity index (χ0v) is 20.8. The normalized spacial score (nSPS) is 24.5. The maximum Gasteiger partial charge on any atom is 0.170 e. The number of hydrogen-bond donors (Lipinski definition) is 1. The molecular weight excluding hydrogens is 430 g/mol. The minimum atomic E-state index is 0.0691. The third-order valence-corrected chi connectivity index (χ3v) is 8.06. The second-order valence-corrected chi connectivity index (χ2v) is 10.1. The van der Waals surface area contributed by atoms with Crippen molar-refractivity contribution in [2.75, 3.05) is 39.4 Å². The Hall–Kier alpha value is -1.96. The van der Waals surface area contributed by atoms with Gasteiger partial charge in [-0.05, 0) is 69.1 Å². The van der Waals surface area contributed by atoms with Crippen molar-refractivity contribution in [3.05, 3.63) is 53.1 Å². The zero-order chi connectivity index (χ0) is 22.8. The third kappa shape index (κ3) is 4.68. The van der Waals surface area contributed by atoms with Gasteiger partial charge in [-0.25, -0.2) is 0 Å². The van der Waals surface area contributed by atoms with Crippen molar-refractivity contribution < 1.29 is 4.74 Å². The first kappa shape index (κ1) is 22.8. The highest BCUT2D eigenvalue weighted by molar-refractivity contribution is 7.80. The first-order valence-corrected chi connectivity index (χ1v) is 13.0. The minimum absolute atomic E-state index is 0.0691. The summed E-state index contributed by atoms with van der Waals surface area (Å²) < 4.78 is 8.11. The van der Waals surface area contributed by atoms with Crippen LogP contribution in [0, 0.1) is 13.8 Å². The molecule has 7 heteroatoms. The summed E-state index contributed by atoms with van der Waals surface area (Å²) in [5, 5.41) is 4.49. The molecular formula is C26H37N5OS. The van der Waals surface area contributed by atoms with Crippen LogP contribution in [0.3, 0.4) is 0 Å². The van der Waals surface area contributed by atoms with Crippen LogP contribution in [0.4, 0.5) is 0 Å². The molecule has 0 bridgehead atoms. The lowest BCUT2D eigenvalue weighted by Crippen LogP contribution is -2.39. The van der Waals surface area contributed by atoms with Crippen molar-refractivity contribution in [3.63, 3.8) is 0 Å². The number of nitrogens with one attached hydrogen (secondary N) is 1. The average molecular weight is 468 g/mol. The Kier molecular flexibility index (Phi) is 6.99. The van der Waals surface area contributed by atoms with Crippen LogP contribution in [0.15, 0.2) is 30.5 Å². The summed E-state index contributed by atoms with van der Waals surface area (Å²) in [5.41, 5.74) is 5.23. The number of morpholine rings is 1. The predicted octanol–water partition coefficient (Wildman–Crippen LogP) is 4.31. The van der Waals surface area contributed by atoms with E-state index in [4.69, 9.17) is 21.9 Å². The molecule has 2 saturated heterocycles. The molecule has 2 aliphatic heterocycles. The first-order valence-electron chi connectivity index (χ1n) is 12.6.